The first-order valence-corrected chi connectivity index (χ1v) is 38.0. The van der Waals surface area contributed by atoms with Gasteiger partial charge in [-0.25, -0.2) is 9.13 Å². The second-order valence-corrected chi connectivity index (χ2v) is 27.8. The van der Waals surface area contributed by atoms with Gasteiger partial charge in [0.05, 0.1) is 26.4 Å². The molecule has 3 unspecified atom stereocenters. The van der Waals surface area contributed by atoms with E-state index in [2.05, 4.69) is 41.5 Å². The van der Waals surface area contributed by atoms with E-state index in [4.69, 9.17) is 37.0 Å². The van der Waals surface area contributed by atoms with Crippen LogP contribution in [0.5, 0.6) is 0 Å². The van der Waals surface area contributed by atoms with Crippen LogP contribution in [0.1, 0.15) is 337 Å². The van der Waals surface area contributed by atoms with E-state index in [0.717, 1.165) is 102 Å². The Bertz CT molecular complexity index is 1690. The lowest BCUT2D eigenvalue weighted by molar-refractivity contribution is -0.161. The summed E-state index contributed by atoms with van der Waals surface area (Å²) in [6.07, 6.45) is 42.9. The lowest BCUT2D eigenvalue weighted by Crippen LogP contribution is -2.30. The van der Waals surface area contributed by atoms with E-state index >= 15 is 0 Å². The fourth-order valence-corrected chi connectivity index (χ4v) is 11.6. The molecule has 0 aromatic rings. The summed E-state index contributed by atoms with van der Waals surface area (Å²) in [4.78, 5) is 72.4. The molecule has 0 rings (SSSR count). The molecule has 17 nitrogen and oxygen atoms in total. The first kappa shape index (κ1) is 84.1. The number of carbonyl (C=O) groups excluding carboxylic acids is 4. The van der Waals surface area contributed by atoms with E-state index in [9.17, 15) is 43.2 Å². The Labute approximate surface area is 524 Å². The number of carbonyl (C=O) groups is 4. The zero-order chi connectivity index (χ0) is 63.6. The first-order chi connectivity index (χ1) is 41.4. The molecular weight excluding hydrogens is 1140 g/mol. The van der Waals surface area contributed by atoms with Crippen LogP contribution < -0.4 is 0 Å². The summed E-state index contributed by atoms with van der Waals surface area (Å²) in [6, 6.07) is 0. The van der Waals surface area contributed by atoms with E-state index in [0.29, 0.717) is 25.7 Å². The lowest BCUT2D eigenvalue weighted by atomic mass is 9.99. The molecule has 0 radical (unpaired) electrons. The molecule has 0 aliphatic rings. The van der Waals surface area contributed by atoms with Gasteiger partial charge in [0.1, 0.15) is 19.3 Å². The number of hydrogen-bond acceptors (Lipinski definition) is 15. The van der Waals surface area contributed by atoms with Gasteiger partial charge in [-0.3, -0.25) is 37.3 Å². The highest BCUT2D eigenvalue weighted by atomic mass is 31.2. The molecule has 0 aliphatic carbocycles. The number of ether oxygens (including phenoxy) is 4. The van der Waals surface area contributed by atoms with E-state index in [1.807, 2.05) is 0 Å². The molecule has 19 heteroatoms. The highest BCUT2D eigenvalue weighted by Gasteiger charge is 2.30. The third-order valence-corrected chi connectivity index (χ3v) is 17.7. The molecular formula is C67H130O17P2. The first-order valence-electron chi connectivity index (χ1n) is 35.0. The summed E-state index contributed by atoms with van der Waals surface area (Å²) in [7, 11) is -9.89. The van der Waals surface area contributed by atoms with Crippen LogP contribution in [0.15, 0.2) is 0 Å². The number of esters is 4. The zero-order valence-corrected chi connectivity index (χ0v) is 57.4. The smallest absolute Gasteiger partial charge is 0.462 e. The summed E-state index contributed by atoms with van der Waals surface area (Å²) in [5, 5.41) is 10.6. The summed E-state index contributed by atoms with van der Waals surface area (Å²) in [6.45, 7) is 9.51. The van der Waals surface area contributed by atoms with Gasteiger partial charge in [-0.05, 0) is 37.5 Å². The van der Waals surface area contributed by atoms with Gasteiger partial charge >= 0.3 is 39.5 Å². The van der Waals surface area contributed by atoms with Crippen LogP contribution in [0.2, 0.25) is 0 Å². The normalized spacial score (nSPS) is 14.5. The standard InChI is InChI=1S/C67H130O17P2/c1-7-10-12-14-16-18-25-31-37-43-49-64(69)77-55-62(83-66(71)51-45-39-33-26-19-17-15-13-11-8-2)57-81-85(73,74)79-53-61(68)54-80-86(75,76)82-58-63(56-78-65(70)50-44-38-32-28-22-23-29-35-41-47-59(4)5)84-67(72)52-46-40-34-27-21-20-24-30-36-42-48-60(6)9-3/h59-63,68H,7-58H2,1-6H3,(H,73,74)(H,75,76)/t60?,61-,62+,63+/m0/s1. The second-order valence-electron chi connectivity index (χ2n) is 24.9. The molecule has 0 saturated carbocycles. The van der Waals surface area contributed by atoms with Crippen LogP contribution in [0.25, 0.3) is 0 Å². The molecule has 3 N–H and O–H groups in total. The number of aliphatic hydroxyl groups excluding tert-OH is 1. The highest BCUT2D eigenvalue weighted by Crippen LogP contribution is 2.45. The largest absolute Gasteiger partial charge is 0.472 e. The molecule has 0 aromatic carbocycles. The van der Waals surface area contributed by atoms with Crippen LogP contribution in [-0.2, 0) is 65.4 Å². The van der Waals surface area contributed by atoms with Crippen molar-refractivity contribution in [3.05, 3.63) is 0 Å². The molecule has 0 bridgehead atoms. The van der Waals surface area contributed by atoms with Gasteiger partial charge in [-0.2, -0.15) is 0 Å². The average molecular weight is 1270 g/mol. The topological polar surface area (TPSA) is 237 Å². The van der Waals surface area contributed by atoms with E-state index in [1.165, 1.54) is 154 Å². The van der Waals surface area contributed by atoms with Crippen molar-refractivity contribution in [3.8, 4) is 0 Å². The van der Waals surface area contributed by atoms with Crippen molar-refractivity contribution in [3.63, 3.8) is 0 Å². The van der Waals surface area contributed by atoms with Crippen molar-refractivity contribution in [2.45, 2.75) is 355 Å². The lowest BCUT2D eigenvalue weighted by Gasteiger charge is -2.21. The van der Waals surface area contributed by atoms with E-state index < -0.39 is 97.5 Å². The number of aliphatic hydroxyl groups is 1. The maximum Gasteiger partial charge on any atom is 0.472 e. The Morgan fingerprint density at radius 3 is 0.884 bits per heavy atom. The number of rotatable bonds is 66. The molecule has 0 spiro atoms. The zero-order valence-electron chi connectivity index (χ0n) is 55.6. The third kappa shape index (κ3) is 59.7. The van der Waals surface area contributed by atoms with Gasteiger partial charge < -0.3 is 33.8 Å². The minimum absolute atomic E-state index is 0.106. The average Bonchev–Trinajstić information content (AvgIpc) is 3.53. The van der Waals surface area contributed by atoms with Gasteiger partial charge in [0.2, 0.25) is 0 Å². The van der Waals surface area contributed by atoms with Crippen LogP contribution in [-0.4, -0.2) is 96.7 Å². The maximum absolute atomic E-state index is 13.0. The Morgan fingerprint density at radius 2 is 0.593 bits per heavy atom. The van der Waals surface area contributed by atoms with Crippen molar-refractivity contribution >= 4 is 39.5 Å². The number of phosphoric acid groups is 2. The number of unbranched alkanes of at least 4 members (excludes halogenated alkanes) is 35. The number of phosphoric ester groups is 2. The molecule has 0 aromatic heterocycles. The van der Waals surface area contributed by atoms with Gasteiger partial charge in [0.15, 0.2) is 12.2 Å². The molecule has 0 heterocycles. The molecule has 510 valence electrons. The molecule has 0 aliphatic heterocycles. The SMILES string of the molecule is CCCCCCCCCCCCC(=O)OC[C@H](COP(=O)(O)OC[C@H](O)COP(=O)(O)OC[C@@H](COC(=O)CCCCCCCCCCCC(C)C)OC(=O)CCCCCCCCCCCCC(C)CC)OC(=O)CCCCCCCCCCCC. The van der Waals surface area contributed by atoms with Crippen LogP contribution in [0, 0.1) is 11.8 Å². The molecule has 6 atom stereocenters. The van der Waals surface area contributed by atoms with E-state index in [-0.39, 0.29) is 25.7 Å². The van der Waals surface area contributed by atoms with Gasteiger partial charge in [-0.1, -0.05) is 286 Å². The molecule has 0 saturated heterocycles. The van der Waals surface area contributed by atoms with Crippen LogP contribution in [0.4, 0.5) is 0 Å². The molecule has 86 heavy (non-hydrogen) atoms. The Hall–Kier alpha value is -1.94. The third-order valence-electron chi connectivity index (χ3n) is 15.8. The number of hydrogen-bond donors (Lipinski definition) is 3. The van der Waals surface area contributed by atoms with Crippen molar-refractivity contribution in [2.75, 3.05) is 39.6 Å². The fourth-order valence-electron chi connectivity index (χ4n) is 10.0. The predicted octanol–water partition coefficient (Wildman–Crippen LogP) is 18.8. The Balaban J connectivity index is 5.25. The quantitative estimate of drug-likeness (QED) is 0.0222. The van der Waals surface area contributed by atoms with Crippen molar-refractivity contribution < 1.29 is 80.2 Å². The Kier molecular flexibility index (Phi) is 58.0. The fraction of sp³-hybridized carbons (Fsp3) is 0.940. The summed E-state index contributed by atoms with van der Waals surface area (Å²) < 4.78 is 68.1. The van der Waals surface area contributed by atoms with Gasteiger partial charge in [0.25, 0.3) is 0 Å². The predicted molar refractivity (Wildman–Crippen MR) is 345 cm³/mol. The van der Waals surface area contributed by atoms with Crippen LogP contribution in [0.3, 0.4) is 0 Å². The molecule has 0 fully saturated rings. The minimum atomic E-state index is -4.95. The summed E-state index contributed by atoms with van der Waals surface area (Å²) in [5.74, 6) is -0.582. The van der Waals surface area contributed by atoms with Crippen molar-refractivity contribution in [1.82, 2.24) is 0 Å². The Morgan fingerprint density at radius 1 is 0.337 bits per heavy atom. The van der Waals surface area contributed by atoms with Crippen molar-refractivity contribution in [1.29, 1.82) is 0 Å². The van der Waals surface area contributed by atoms with Gasteiger partial charge in [0, 0.05) is 25.7 Å². The summed E-state index contributed by atoms with van der Waals surface area (Å²) in [5.41, 5.74) is 0. The van der Waals surface area contributed by atoms with Gasteiger partial charge in [-0.15, -0.1) is 0 Å². The maximum atomic E-state index is 13.0. The monoisotopic (exact) mass is 1270 g/mol. The van der Waals surface area contributed by atoms with Crippen LogP contribution >= 0.6 is 15.6 Å². The van der Waals surface area contributed by atoms with Crippen molar-refractivity contribution in [2.24, 2.45) is 11.8 Å². The highest BCUT2D eigenvalue weighted by molar-refractivity contribution is 7.47. The molecule has 0 amide bonds. The summed E-state index contributed by atoms with van der Waals surface area (Å²) >= 11 is 0. The van der Waals surface area contributed by atoms with E-state index in [1.54, 1.807) is 0 Å². The second kappa shape index (κ2) is 59.4. The minimum Gasteiger partial charge on any atom is -0.462 e.